The van der Waals surface area contributed by atoms with Gasteiger partial charge in [0.15, 0.2) is 18.3 Å². The molecule has 0 aliphatic carbocycles. The number of epoxide rings is 1. The number of carbonyl (C=O) groups is 3. The van der Waals surface area contributed by atoms with Crippen LogP contribution in [0.3, 0.4) is 0 Å². The Morgan fingerprint density at radius 1 is 1.17 bits per heavy atom. The third kappa shape index (κ3) is 7.09. The van der Waals surface area contributed by atoms with Crippen LogP contribution in [0.4, 0.5) is 0 Å². The molecule has 3 atom stereocenters. The highest BCUT2D eigenvalue weighted by atomic mass is 32.2. The van der Waals surface area contributed by atoms with Gasteiger partial charge in [0.1, 0.15) is 0 Å². The van der Waals surface area contributed by atoms with Crippen molar-refractivity contribution < 1.29 is 28.6 Å². The van der Waals surface area contributed by atoms with Crippen molar-refractivity contribution in [1.82, 2.24) is 5.32 Å². The standard InChI is InChI=1S/C16H27NO6S/c1-5-21-15(19)12-13(23-12)16(20)22-11(7-9-24-4)14(18)17-8-6-10(2)3/h10-13H,5-9H2,1-4H3,(H,17,18)/t11-,12-,13-/m0/s1. The van der Waals surface area contributed by atoms with E-state index in [0.29, 0.717) is 24.6 Å². The maximum absolute atomic E-state index is 12.2. The lowest BCUT2D eigenvalue weighted by Crippen LogP contribution is -2.40. The normalized spacial score (nSPS) is 20.4. The summed E-state index contributed by atoms with van der Waals surface area (Å²) in [5.41, 5.74) is 0. The van der Waals surface area contributed by atoms with Crippen molar-refractivity contribution in [3.63, 3.8) is 0 Å². The molecule has 1 fully saturated rings. The van der Waals surface area contributed by atoms with E-state index in [9.17, 15) is 14.4 Å². The zero-order valence-corrected chi connectivity index (χ0v) is 15.5. The van der Waals surface area contributed by atoms with Crippen molar-refractivity contribution in [2.24, 2.45) is 5.92 Å². The Kier molecular flexibility index (Phi) is 9.13. The number of thioether (sulfide) groups is 1. The summed E-state index contributed by atoms with van der Waals surface area (Å²) >= 11 is 1.56. The van der Waals surface area contributed by atoms with Gasteiger partial charge in [-0.2, -0.15) is 11.8 Å². The summed E-state index contributed by atoms with van der Waals surface area (Å²) in [6.07, 6.45) is 0.426. The predicted octanol–water partition coefficient (Wildman–Crippen LogP) is 1.14. The molecule has 0 aromatic rings. The molecule has 0 unspecified atom stereocenters. The highest BCUT2D eigenvalue weighted by Gasteiger charge is 2.53. The first kappa shape index (κ1) is 20.8. The van der Waals surface area contributed by atoms with Crippen LogP contribution in [-0.2, 0) is 28.6 Å². The molecule has 0 saturated carbocycles. The summed E-state index contributed by atoms with van der Waals surface area (Å²) in [6.45, 7) is 6.56. The van der Waals surface area contributed by atoms with E-state index in [-0.39, 0.29) is 12.5 Å². The SMILES string of the molecule is CCOC(=O)[C@H]1O[C@@H]1C(=O)O[C@@H](CCSC)C(=O)NCCC(C)C. The number of hydrogen-bond donors (Lipinski definition) is 1. The van der Waals surface area contributed by atoms with E-state index >= 15 is 0 Å². The van der Waals surface area contributed by atoms with E-state index in [1.807, 2.05) is 6.26 Å². The Hall–Kier alpha value is -1.28. The first-order valence-corrected chi connectivity index (χ1v) is 9.59. The van der Waals surface area contributed by atoms with E-state index in [1.165, 1.54) is 0 Å². The summed E-state index contributed by atoms with van der Waals surface area (Å²) in [6, 6.07) is 0. The Labute approximate surface area is 147 Å². The van der Waals surface area contributed by atoms with Gasteiger partial charge in [-0.05, 0) is 31.3 Å². The van der Waals surface area contributed by atoms with E-state index in [4.69, 9.17) is 14.2 Å². The molecule has 1 rings (SSSR count). The molecule has 8 heteroatoms. The number of carbonyl (C=O) groups excluding carboxylic acids is 3. The minimum absolute atomic E-state index is 0.217. The fourth-order valence-corrected chi connectivity index (χ4v) is 2.42. The molecule has 7 nitrogen and oxygen atoms in total. The summed E-state index contributed by atoms with van der Waals surface area (Å²) in [5.74, 6) is -0.434. The Morgan fingerprint density at radius 3 is 2.42 bits per heavy atom. The van der Waals surface area contributed by atoms with Crippen molar-refractivity contribution in [3.8, 4) is 0 Å². The molecule has 0 spiro atoms. The number of ether oxygens (including phenoxy) is 3. The van der Waals surface area contributed by atoms with Crippen LogP contribution in [-0.4, -0.2) is 61.3 Å². The fraction of sp³-hybridized carbons (Fsp3) is 0.812. The Morgan fingerprint density at radius 2 is 1.83 bits per heavy atom. The maximum Gasteiger partial charge on any atom is 0.339 e. The smallest absolute Gasteiger partial charge is 0.339 e. The molecule has 1 heterocycles. The maximum atomic E-state index is 12.2. The van der Waals surface area contributed by atoms with Crippen molar-refractivity contribution >= 4 is 29.6 Å². The summed E-state index contributed by atoms with van der Waals surface area (Å²) in [7, 11) is 0. The number of rotatable bonds is 11. The van der Waals surface area contributed by atoms with E-state index in [2.05, 4.69) is 19.2 Å². The quantitative estimate of drug-likeness (QED) is 0.436. The van der Waals surface area contributed by atoms with Crippen LogP contribution in [0.5, 0.6) is 0 Å². The van der Waals surface area contributed by atoms with Gasteiger partial charge in [0.25, 0.3) is 5.91 Å². The second-order valence-electron chi connectivity index (χ2n) is 5.91. The van der Waals surface area contributed by atoms with Crippen LogP contribution < -0.4 is 5.32 Å². The second-order valence-corrected chi connectivity index (χ2v) is 6.90. The van der Waals surface area contributed by atoms with Gasteiger partial charge in [-0.1, -0.05) is 13.8 Å². The van der Waals surface area contributed by atoms with Crippen molar-refractivity contribution in [2.75, 3.05) is 25.2 Å². The summed E-state index contributed by atoms with van der Waals surface area (Å²) in [5, 5.41) is 2.78. The zero-order valence-electron chi connectivity index (χ0n) is 14.7. The van der Waals surface area contributed by atoms with Gasteiger partial charge in [-0.15, -0.1) is 0 Å². The van der Waals surface area contributed by atoms with Gasteiger partial charge in [-0.25, -0.2) is 9.59 Å². The minimum atomic E-state index is -0.968. The van der Waals surface area contributed by atoms with Gasteiger partial charge in [-0.3, -0.25) is 4.79 Å². The molecule has 1 N–H and O–H groups in total. The van der Waals surface area contributed by atoms with Crippen LogP contribution in [0.1, 0.15) is 33.6 Å². The van der Waals surface area contributed by atoms with Crippen LogP contribution in [0.15, 0.2) is 0 Å². The van der Waals surface area contributed by atoms with Gasteiger partial charge < -0.3 is 19.5 Å². The molecule has 0 radical (unpaired) electrons. The summed E-state index contributed by atoms with van der Waals surface area (Å²) in [4.78, 5) is 35.7. The molecule has 1 aliphatic rings. The largest absolute Gasteiger partial charge is 0.464 e. The van der Waals surface area contributed by atoms with Crippen LogP contribution in [0.25, 0.3) is 0 Å². The number of nitrogens with one attached hydrogen (secondary N) is 1. The fourth-order valence-electron chi connectivity index (χ4n) is 1.97. The molecule has 0 aromatic carbocycles. The lowest BCUT2D eigenvalue weighted by Gasteiger charge is -2.17. The molecule has 1 saturated heterocycles. The van der Waals surface area contributed by atoms with Crippen LogP contribution in [0.2, 0.25) is 0 Å². The van der Waals surface area contributed by atoms with Gasteiger partial charge in [0.2, 0.25) is 0 Å². The average Bonchev–Trinajstić information content (AvgIpc) is 3.31. The number of esters is 2. The van der Waals surface area contributed by atoms with Crippen LogP contribution in [0, 0.1) is 5.92 Å². The zero-order chi connectivity index (χ0) is 18.1. The van der Waals surface area contributed by atoms with E-state index in [1.54, 1.807) is 18.7 Å². The van der Waals surface area contributed by atoms with E-state index < -0.39 is 30.3 Å². The Bertz CT molecular complexity index is 442. The third-order valence-corrected chi connectivity index (χ3v) is 4.04. The molecule has 1 amide bonds. The first-order valence-electron chi connectivity index (χ1n) is 8.19. The van der Waals surface area contributed by atoms with Gasteiger partial charge in [0, 0.05) is 13.0 Å². The number of amides is 1. The molecular formula is C16H27NO6S. The molecule has 138 valence electrons. The van der Waals surface area contributed by atoms with Crippen molar-refractivity contribution in [2.45, 2.75) is 51.9 Å². The average molecular weight is 361 g/mol. The van der Waals surface area contributed by atoms with Crippen molar-refractivity contribution in [1.29, 1.82) is 0 Å². The molecule has 1 aliphatic heterocycles. The molecule has 24 heavy (non-hydrogen) atoms. The highest BCUT2D eigenvalue weighted by Crippen LogP contribution is 2.25. The number of hydrogen-bond acceptors (Lipinski definition) is 7. The monoisotopic (exact) mass is 361 g/mol. The molecular weight excluding hydrogens is 334 g/mol. The second kappa shape index (κ2) is 10.6. The van der Waals surface area contributed by atoms with Crippen molar-refractivity contribution in [3.05, 3.63) is 0 Å². The van der Waals surface area contributed by atoms with Gasteiger partial charge >= 0.3 is 11.9 Å². The van der Waals surface area contributed by atoms with Crippen LogP contribution >= 0.6 is 11.8 Å². The first-order chi connectivity index (χ1) is 11.4. The predicted molar refractivity (Wildman–Crippen MR) is 90.6 cm³/mol. The van der Waals surface area contributed by atoms with E-state index in [0.717, 1.165) is 6.42 Å². The lowest BCUT2D eigenvalue weighted by molar-refractivity contribution is -0.157. The lowest BCUT2D eigenvalue weighted by atomic mass is 10.1. The molecule has 0 bridgehead atoms. The minimum Gasteiger partial charge on any atom is -0.464 e. The van der Waals surface area contributed by atoms with Gasteiger partial charge in [0.05, 0.1) is 6.61 Å². The topological polar surface area (TPSA) is 94.2 Å². The molecule has 0 aromatic heterocycles. The highest BCUT2D eigenvalue weighted by molar-refractivity contribution is 7.98. The third-order valence-electron chi connectivity index (χ3n) is 3.40. The summed E-state index contributed by atoms with van der Waals surface area (Å²) < 4.78 is 15.0. The Balaban J connectivity index is 2.48.